The quantitative estimate of drug-likeness (QED) is 0.609. The van der Waals surface area contributed by atoms with E-state index in [1.807, 2.05) is 31.2 Å². The summed E-state index contributed by atoms with van der Waals surface area (Å²) >= 11 is 0.755. The van der Waals surface area contributed by atoms with Crippen LogP contribution in [0.15, 0.2) is 59.5 Å². The number of pyridine rings is 1. The van der Waals surface area contributed by atoms with Gasteiger partial charge in [-0.15, -0.1) is 0 Å². The fourth-order valence-corrected chi connectivity index (χ4v) is 4.15. The summed E-state index contributed by atoms with van der Waals surface area (Å²) < 4.78 is 13.8. The summed E-state index contributed by atoms with van der Waals surface area (Å²) in [6, 6.07) is 15.1. The standard InChI is InChI=1S/C23H18FN3O3S/c1-14-12-17(16-7-3-5-9-19(16)26-14)21(28)25-10-11-27-22(29)20(31-23(27)30)13-15-6-2-4-8-18(15)24/h2-9,12-13H,10-11H2,1H3,(H,25,28)/b20-13-. The van der Waals surface area contributed by atoms with E-state index in [0.717, 1.165) is 27.6 Å². The summed E-state index contributed by atoms with van der Waals surface area (Å²) in [4.78, 5) is 43.1. The maximum atomic E-state index is 13.8. The van der Waals surface area contributed by atoms with Crippen LogP contribution in [-0.2, 0) is 4.79 Å². The van der Waals surface area contributed by atoms with Crippen LogP contribution in [-0.4, -0.2) is 40.0 Å². The van der Waals surface area contributed by atoms with Crippen molar-refractivity contribution >= 4 is 45.8 Å². The Morgan fingerprint density at radius 2 is 1.90 bits per heavy atom. The first-order valence-corrected chi connectivity index (χ1v) is 10.4. The molecule has 2 aromatic carbocycles. The molecule has 1 saturated heterocycles. The molecule has 1 N–H and O–H groups in total. The summed E-state index contributed by atoms with van der Waals surface area (Å²) in [6.07, 6.45) is 1.37. The Kier molecular flexibility index (Phi) is 5.81. The molecular weight excluding hydrogens is 417 g/mol. The number of carbonyl (C=O) groups excluding carboxylic acids is 3. The third kappa shape index (κ3) is 4.34. The van der Waals surface area contributed by atoms with Crippen molar-refractivity contribution in [1.82, 2.24) is 15.2 Å². The van der Waals surface area contributed by atoms with Crippen LogP contribution >= 0.6 is 11.8 Å². The molecule has 0 spiro atoms. The van der Waals surface area contributed by atoms with E-state index in [1.165, 1.54) is 18.2 Å². The highest BCUT2D eigenvalue weighted by Crippen LogP contribution is 2.32. The predicted molar refractivity (Wildman–Crippen MR) is 118 cm³/mol. The number of aromatic nitrogens is 1. The van der Waals surface area contributed by atoms with E-state index in [4.69, 9.17) is 0 Å². The molecule has 4 rings (SSSR count). The fraction of sp³-hybridized carbons (Fsp3) is 0.130. The number of amides is 3. The highest BCUT2D eigenvalue weighted by Gasteiger charge is 2.34. The zero-order chi connectivity index (χ0) is 22.0. The Balaban J connectivity index is 1.43. The van der Waals surface area contributed by atoms with Gasteiger partial charge in [0.15, 0.2) is 0 Å². The highest BCUT2D eigenvalue weighted by molar-refractivity contribution is 8.18. The minimum atomic E-state index is -0.502. The minimum Gasteiger partial charge on any atom is -0.350 e. The average Bonchev–Trinajstić information content (AvgIpc) is 3.02. The number of halogens is 1. The molecule has 0 radical (unpaired) electrons. The third-order valence-corrected chi connectivity index (χ3v) is 5.68. The van der Waals surface area contributed by atoms with Crippen LogP contribution in [0, 0.1) is 12.7 Å². The van der Waals surface area contributed by atoms with Gasteiger partial charge in [-0.3, -0.25) is 24.3 Å². The van der Waals surface area contributed by atoms with Gasteiger partial charge in [-0.05, 0) is 43.0 Å². The molecule has 3 amide bonds. The zero-order valence-electron chi connectivity index (χ0n) is 16.6. The number of nitrogens with one attached hydrogen (secondary N) is 1. The number of imide groups is 1. The van der Waals surface area contributed by atoms with Crippen molar-refractivity contribution in [3.63, 3.8) is 0 Å². The number of para-hydroxylation sites is 1. The van der Waals surface area contributed by atoms with Crippen LogP contribution in [0.4, 0.5) is 9.18 Å². The number of carbonyl (C=O) groups is 3. The molecule has 6 nitrogen and oxygen atoms in total. The molecule has 156 valence electrons. The molecular formula is C23H18FN3O3S. The number of thioether (sulfide) groups is 1. The Bertz CT molecular complexity index is 1240. The average molecular weight is 435 g/mol. The summed E-state index contributed by atoms with van der Waals surface area (Å²) in [5.74, 6) is -1.28. The lowest BCUT2D eigenvalue weighted by Crippen LogP contribution is -2.37. The van der Waals surface area contributed by atoms with Gasteiger partial charge in [0.05, 0.1) is 16.0 Å². The van der Waals surface area contributed by atoms with Gasteiger partial charge in [0, 0.05) is 29.7 Å². The van der Waals surface area contributed by atoms with Crippen molar-refractivity contribution in [2.45, 2.75) is 6.92 Å². The molecule has 3 aromatic rings. The number of rotatable bonds is 5. The molecule has 1 aliphatic heterocycles. The lowest BCUT2D eigenvalue weighted by molar-refractivity contribution is -0.122. The van der Waals surface area contributed by atoms with Gasteiger partial charge in [0.2, 0.25) is 0 Å². The van der Waals surface area contributed by atoms with Crippen LogP contribution in [0.1, 0.15) is 21.6 Å². The topological polar surface area (TPSA) is 79.4 Å². The number of benzene rings is 2. The van der Waals surface area contributed by atoms with Crippen LogP contribution in [0.3, 0.4) is 0 Å². The van der Waals surface area contributed by atoms with Crippen molar-refractivity contribution in [3.8, 4) is 0 Å². The summed E-state index contributed by atoms with van der Waals surface area (Å²) in [5.41, 5.74) is 2.16. The van der Waals surface area contributed by atoms with Crippen LogP contribution in [0.25, 0.3) is 17.0 Å². The number of hydrogen-bond acceptors (Lipinski definition) is 5. The molecule has 1 aromatic heterocycles. The summed E-state index contributed by atoms with van der Waals surface area (Å²) in [5, 5.41) is 3.03. The van der Waals surface area contributed by atoms with Crippen molar-refractivity contribution in [2.75, 3.05) is 13.1 Å². The van der Waals surface area contributed by atoms with E-state index in [0.29, 0.717) is 11.3 Å². The van der Waals surface area contributed by atoms with Gasteiger partial charge in [-0.25, -0.2) is 4.39 Å². The molecule has 1 fully saturated rings. The largest absolute Gasteiger partial charge is 0.350 e. The van der Waals surface area contributed by atoms with E-state index in [9.17, 15) is 18.8 Å². The minimum absolute atomic E-state index is 0.0208. The smallest absolute Gasteiger partial charge is 0.293 e. The van der Waals surface area contributed by atoms with Gasteiger partial charge in [-0.1, -0.05) is 36.4 Å². The van der Waals surface area contributed by atoms with Gasteiger partial charge in [0.1, 0.15) is 5.82 Å². The lowest BCUT2D eigenvalue weighted by Gasteiger charge is -2.14. The molecule has 0 atom stereocenters. The van der Waals surface area contributed by atoms with Crippen molar-refractivity contribution < 1.29 is 18.8 Å². The van der Waals surface area contributed by atoms with Crippen LogP contribution in [0.2, 0.25) is 0 Å². The Morgan fingerprint density at radius 1 is 1.16 bits per heavy atom. The normalized spacial score (nSPS) is 15.2. The number of nitrogens with zero attached hydrogens (tertiary/aromatic N) is 2. The lowest BCUT2D eigenvalue weighted by atomic mass is 10.1. The Labute approximate surface area is 182 Å². The molecule has 0 aliphatic carbocycles. The van der Waals surface area contributed by atoms with E-state index in [2.05, 4.69) is 10.3 Å². The number of aryl methyl sites for hydroxylation is 1. The van der Waals surface area contributed by atoms with E-state index in [1.54, 1.807) is 18.2 Å². The monoisotopic (exact) mass is 435 g/mol. The van der Waals surface area contributed by atoms with Gasteiger partial charge < -0.3 is 5.32 Å². The number of fused-ring (bicyclic) bond motifs is 1. The SMILES string of the molecule is Cc1cc(C(=O)NCCN2C(=O)S/C(=C\c3ccccc3F)C2=O)c2ccccc2n1. The predicted octanol–water partition coefficient (Wildman–Crippen LogP) is 4.15. The van der Waals surface area contributed by atoms with Crippen molar-refractivity contribution in [2.24, 2.45) is 0 Å². The van der Waals surface area contributed by atoms with Crippen LogP contribution < -0.4 is 5.32 Å². The zero-order valence-corrected chi connectivity index (χ0v) is 17.4. The second kappa shape index (κ2) is 8.69. The van der Waals surface area contributed by atoms with Crippen LogP contribution in [0.5, 0.6) is 0 Å². The van der Waals surface area contributed by atoms with Gasteiger partial charge >= 0.3 is 0 Å². The molecule has 2 heterocycles. The molecule has 0 unspecified atom stereocenters. The van der Waals surface area contributed by atoms with E-state index in [-0.39, 0.29) is 29.5 Å². The first-order chi connectivity index (χ1) is 14.9. The third-order valence-electron chi connectivity index (χ3n) is 4.78. The Hall–Kier alpha value is -3.52. The van der Waals surface area contributed by atoms with E-state index >= 15 is 0 Å². The van der Waals surface area contributed by atoms with Crippen molar-refractivity contribution in [3.05, 3.63) is 82.1 Å². The maximum Gasteiger partial charge on any atom is 0.293 e. The first kappa shape index (κ1) is 20.7. The molecule has 31 heavy (non-hydrogen) atoms. The van der Waals surface area contributed by atoms with Gasteiger partial charge in [0.25, 0.3) is 17.1 Å². The van der Waals surface area contributed by atoms with Crippen molar-refractivity contribution in [1.29, 1.82) is 0 Å². The second-order valence-corrected chi connectivity index (χ2v) is 7.93. The highest BCUT2D eigenvalue weighted by atomic mass is 32.2. The fourth-order valence-electron chi connectivity index (χ4n) is 3.30. The van der Waals surface area contributed by atoms with Gasteiger partial charge in [-0.2, -0.15) is 0 Å². The van der Waals surface area contributed by atoms with E-state index < -0.39 is 17.0 Å². The molecule has 0 saturated carbocycles. The summed E-state index contributed by atoms with van der Waals surface area (Å²) in [6.45, 7) is 1.93. The maximum absolute atomic E-state index is 13.8. The molecule has 1 aliphatic rings. The molecule has 8 heteroatoms. The Morgan fingerprint density at radius 3 is 2.71 bits per heavy atom. The summed E-state index contributed by atoms with van der Waals surface area (Å²) in [7, 11) is 0. The number of hydrogen-bond donors (Lipinski definition) is 1. The first-order valence-electron chi connectivity index (χ1n) is 9.58. The second-order valence-electron chi connectivity index (χ2n) is 6.94. The molecule has 0 bridgehead atoms.